The first-order valence-corrected chi connectivity index (χ1v) is 3.19. The molecule has 0 aliphatic carbocycles. The first-order chi connectivity index (χ1) is 7.75. The molecule has 2 aromatic heterocycles. The highest BCUT2D eigenvalue weighted by atomic mass is 15.1. The molecule has 0 spiro atoms. The van der Waals surface area contributed by atoms with Crippen molar-refractivity contribution < 1.29 is 6.85 Å². The van der Waals surface area contributed by atoms with Crippen molar-refractivity contribution in [2.24, 2.45) is 0 Å². The van der Waals surface area contributed by atoms with Gasteiger partial charge in [-0.3, -0.25) is 0 Å². The van der Waals surface area contributed by atoms with E-state index >= 15 is 0 Å². The molecular formula is C7H9N5. The molecule has 2 heterocycles. The third-order valence-corrected chi connectivity index (χ3v) is 1.49. The van der Waals surface area contributed by atoms with Gasteiger partial charge in [-0.2, -0.15) is 0 Å². The van der Waals surface area contributed by atoms with Crippen LogP contribution in [0.4, 0.5) is 5.82 Å². The second-order valence-corrected chi connectivity index (χ2v) is 2.16. The van der Waals surface area contributed by atoms with Gasteiger partial charge in [0, 0.05) is 13.4 Å². The minimum Gasteiger partial charge on any atom is -0.382 e. The zero-order valence-electron chi connectivity index (χ0n) is 11.0. The summed E-state index contributed by atoms with van der Waals surface area (Å²) in [5.41, 5.74) is 5.81. The zero-order valence-corrected chi connectivity index (χ0v) is 6.02. The van der Waals surface area contributed by atoms with E-state index in [-0.39, 0.29) is 17.0 Å². The number of nitrogen functional groups attached to an aromatic ring is 1. The third kappa shape index (κ3) is 0.827. The number of hydrogen-bond acceptors (Lipinski definition) is 4. The van der Waals surface area contributed by atoms with E-state index in [9.17, 15) is 0 Å². The van der Waals surface area contributed by atoms with E-state index in [0.717, 1.165) is 10.9 Å². The Kier molecular flexibility index (Phi) is 0.688. The molecule has 5 heteroatoms. The summed E-state index contributed by atoms with van der Waals surface area (Å²) in [6.45, 7) is -5.47. The topological polar surface area (TPSA) is 69.6 Å². The van der Waals surface area contributed by atoms with Crippen LogP contribution in [0.5, 0.6) is 0 Å². The lowest BCUT2D eigenvalue weighted by Gasteiger charge is -1.99. The van der Waals surface area contributed by atoms with E-state index in [2.05, 4.69) is 15.0 Å². The Morgan fingerprint density at radius 1 is 1.67 bits per heavy atom. The average Bonchev–Trinajstić information content (AvgIpc) is 2.61. The Bertz CT molecular complexity index is 559. The number of nitrogens with zero attached hydrogens (tertiary/aromatic N) is 4. The van der Waals surface area contributed by atoms with Crippen molar-refractivity contribution >= 4 is 17.0 Å². The second kappa shape index (κ2) is 2.44. The number of aromatic nitrogens is 4. The Balaban J connectivity index is 2.73. The quantitative estimate of drug-likeness (QED) is 0.670. The van der Waals surface area contributed by atoms with Crippen LogP contribution in [0.3, 0.4) is 0 Å². The van der Waals surface area contributed by atoms with Gasteiger partial charge in [-0.05, 0) is 6.85 Å². The minimum atomic E-state index is -2.84. The fourth-order valence-corrected chi connectivity index (χ4v) is 0.963. The summed E-state index contributed by atoms with van der Waals surface area (Å²) < 4.78 is 37.7. The lowest BCUT2D eigenvalue weighted by Crippen LogP contribution is -1.98. The van der Waals surface area contributed by atoms with Crippen molar-refractivity contribution in [3.63, 3.8) is 0 Å². The highest BCUT2D eigenvalue weighted by molar-refractivity contribution is 5.81. The summed E-state index contributed by atoms with van der Waals surface area (Å²) >= 11 is 0. The van der Waals surface area contributed by atoms with E-state index < -0.39 is 13.3 Å². The molecule has 5 nitrogen and oxygen atoms in total. The maximum atomic E-state index is 7.63. The average molecular weight is 168 g/mol. The molecule has 0 unspecified atom stereocenters. The summed E-state index contributed by atoms with van der Waals surface area (Å²) in [5, 5.41) is 0. The van der Waals surface area contributed by atoms with Crippen LogP contribution in [-0.4, -0.2) is 19.5 Å². The first-order valence-electron chi connectivity index (χ1n) is 5.69. The molecule has 0 aliphatic heterocycles. The van der Waals surface area contributed by atoms with Gasteiger partial charge in [-0.25, -0.2) is 15.0 Å². The van der Waals surface area contributed by atoms with Crippen molar-refractivity contribution in [1.82, 2.24) is 19.5 Å². The predicted octanol–water partition coefficient (Wildman–Crippen LogP) is 0.428. The summed E-state index contributed by atoms with van der Waals surface area (Å²) in [5.74, 6) is -0.0133. The molecule has 0 saturated heterocycles. The van der Waals surface area contributed by atoms with Crippen LogP contribution < -0.4 is 5.73 Å². The maximum Gasteiger partial charge on any atom is 0.182 e. The van der Waals surface area contributed by atoms with Gasteiger partial charge in [0.25, 0.3) is 0 Å². The fraction of sp³-hybridized carbons (Fsp3) is 0.286. The number of anilines is 1. The molecule has 2 aromatic rings. The largest absolute Gasteiger partial charge is 0.382 e. The van der Waals surface area contributed by atoms with Gasteiger partial charge in [0.1, 0.15) is 11.8 Å². The molecule has 62 valence electrons. The molecule has 0 aliphatic rings. The van der Waals surface area contributed by atoms with Crippen LogP contribution in [0, 0.1) is 0 Å². The molecule has 0 atom stereocenters. The van der Waals surface area contributed by atoms with Crippen molar-refractivity contribution in [2.45, 2.75) is 13.3 Å². The number of imidazole rings is 1. The van der Waals surface area contributed by atoms with Gasteiger partial charge in [-0.1, -0.05) is 0 Å². The molecule has 0 radical (unpaired) electrons. The highest BCUT2D eigenvalue weighted by Crippen LogP contribution is 2.14. The molecule has 0 bridgehead atoms. The fourth-order valence-electron chi connectivity index (χ4n) is 0.963. The van der Waals surface area contributed by atoms with Crippen LogP contribution in [0.25, 0.3) is 11.2 Å². The van der Waals surface area contributed by atoms with Crippen LogP contribution in [-0.2, 0) is 6.50 Å². The standard InChI is InChI=1S/C7H9N5/c1-2-12-4-11-7-5(12)6(8)9-3-10-7/h3-4H,2H2,1H3,(H2,8,9,10)/i1D3,2D2. The Morgan fingerprint density at radius 3 is 3.42 bits per heavy atom. The minimum absolute atomic E-state index is 0.0133. The Labute approximate surface area is 76.3 Å². The smallest absolute Gasteiger partial charge is 0.182 e. The van der Waals surface area contributed by atoms with Crippen molar-refractivity contribution in [1.29, 1.82) is 0 Å². The normalized spacial score (nSPS) is 19.2. The van der Waals surface area contributed by atoms with E-state index in [0.29, 0.717) is 0 Å². The van der Waals surface area contributed by atoms with Crippen molar-refractivity contribution in [3.05, 3.63) is 12.7 Å². The van der Waals surface area contributed by atoms with Crippen LogP contribution in [0.2, 0.25) is 0 Å². The van der Waals surface area contributed by atoms with Crippen molar-refractivity contribution in [2.75, 3.05) is 5.73 Å². The summed E-state index contributed by atoms with van der Waals surface area (Å²) in [4.78, 5) is 11.3. The van der Waals surface area contributed by atoms with Gasteiger partial charge in [0.2, 0.25) is 0 Å². The van der Waals surface area contributed by atoms with Crippen LogP contribution in [0.15, 0.2) is 12.7 Å². The lowest BCUT2D eigenvalue weighted by molar-refractivity contribution is 0.786. The molecule has 2 N–H and O–H groups in total. The maximum absolute atomic E-state index is 7.63. The van der Waals surface area contributed by atoms with E-state index in [1.807, 2.05) is 0 Å². The van der Waals surface area contributed by atoms with E-state index in [1.54, 1.807) is 0 Å². The SMILES string of the molecule is [2H]C([2H])([2H])C([2H])([2H])n1cnc2ncnc(N)c21. The van der Waals surface area contributed by atoms with Crippen LogP contribution in [0.1, 0.15) is 13.7 Å². The molecule has 12 heavy (non-hydrogen) atoms. The van der Waals surface area contributed by atoms with Gasteiger partial charge < -0.3 is 10.3 Å². The Hall–Kier alpha value is -1.65. The molecule has 2 rings (SSSR count). The third-order valence-electron chi connectivity index (χ3n) is 1.49. The van der Waals surface area contributed by atoms with Gasteiger partial charge in [-0.15, -0.1) is 0 Å². The van der Waals surface area contributed by atoms with Gasteiger partial charge >= 0.3 is 0 Å². The zero-order chi connectivity index (χ0) is 12.8. The summed E-state index contributed by atoms with van der Waals surface area (Å²) in [6, 6.07) is 0. The van der Waals surface area contributed by atoms with Gasteiger partial charge in [0.15, 0.2) is 11.5 Å². The molecule has 0 amide bonds. The van der Waals surface area contributed by atoms with E-state index in [4.69, 9.17) is 12.6 Å². The summed E-state index contributed by atoms with van der Waals surface area (Å²) in [7, 11) is 0. The second-order valence-electron chi connectivity index (χ2n) is 2.16. The number of nitrogens with two attached hydrogens (primary N) is 1. The van der Waals surface area contributed by atoms with Crippen molar-refractivity contribution in [3.8, 4) is 0 Å². The molecule has 0 aromatic carbocycles. The Morgan fingerprint density at radius 2 is 2.58 bits per heavy atom. The number of rotatable bonds is 1. The number of aryl methyl sites for hydroxylation is 1. The van der Waals surface area contributed by atoms with E-state index in [1.165, 1.54) is 6.33 Å². The molecule has 0 fully saturated rings. The van der Waals surface area contributed by atoms with Gasteiger partial charge in [0.05, 0.1) is 6.33 Å². The molecular weight excluding hydrogens is 154 g/mol. The first kappa shape index (κ1) is 3.38. The predicted molar refractivity (Wildman–Crippen MR) is 45.4 cm³/mol. The monoisotopic (exact) mass is 168 g/mol. The molecule has 0 saturated carbocycles. The number of fused-ring (bicyclic) bond motifs is 1. The highest BCUT2D eigenvalue weighted by Gasteiger charge is 2.05. The number of hydrogen-bond donors (Lipinski definition) is 1. The van der Waals surface area contributed by atoms with Crippen LogP contribution >= 0.6 is 0 Å². The summed E-state index contributed by atoms with van der Waals surface area (Å²) in [6.07, 6.45) is 2.24. The lowest BCUT2D eigenvalue weighted by atomic mass is 10.5.